The van der Waals surface area contributed by atoms with Crippen molar-refractivity contribution in [3.8, 4) is 0 Å². The molecule has 1 aromatic heterocycles. The molecule has 0 radical (unpaired) electrons. The topological polar surface area (TPSA) is 95.5 Å². The van der Waals surface area contributed by atoms with Crippen molar-refractivity contribution in [2.45, 2.75) is 38.1 Å². The third kappa shape index (κ3) is 2.58. The van der Waals surface area contributed by atoms with Crippen molar-refractivity contribution in [1.29, 1.82) is 0 Å². The summed E-state index contributed by atoms with van der Waals surface area (Å²) in [6.45, 7) is 1.70. The summed E-state index contributed by atoms with van der Waals surface area (Å²) in [6, 6.07) is -0.484. The summed E-state index contributed by atoms with van der Waals surface area (Å²) < 4.78 is 0. The molecule has 1 N–H and O–H groups in total. The minimum Gasteiger partial charge on any atom is -0.323 e. The van der Waals surface area contributed by atoms with Crippen LogP contribution in [0.4, 0.5) is 9.93 Å². The molecule has 1 aliphatic heterocycles. The van der Waals surface area contributed by atoms with Crippen LogP contribution in [-0.4, -0.2) is 52.1 Å². The molecule has 0 aromatic carbocycles. The van der Waals surface area contributed by atoms with Crippen molar-refractivity contribution >= 4 is 34.3 Å². The van der Waals surface area contributed by atoms with E-state index in [0.29, 0.717) is 11.6 Å². The summed E-state index contributed by atoms with van der Waals surface area (Å²) in [7, 11) is 1.56. The van der Waals surface area contributed by atoms with Gasteiger partial charge < -0.3 is 5.32 Å². The van der Waals surface area contributed by atoms with Crippen molar-refractivity contribution in [1.82, 2.24) is 20.4 Å². The standard InChI is InChI=1S/C14H19N5O3S/c1-9-5-3-4-6-14(9)11(21)19(12(22)16-14)7-10(20)18(2)13-17-15-8-23-13/h8-9H,3-7H2,1-2H3,(H,16,22). The van der Waals surface area contributed by atoms with E-state index < -0.39 is 11.6 Å². The molecule has 9 heteroatoms. The van der Waals surface area contributed by atoms with E-state index in [1.54, 1.807) is 7.05 Å². The Labute approximate surface area is 137 Å². The molecule has 23 heavy (non-hydrogen) atoms. The number of anilines is 1. The maximum atomic E-state index is 12.8. The minimum absolute atomic E-state index is 0.0775. The summed E-state index contributed by atoms with van der Waals surface area (Å²) in [5.74, 6) is -0.576. The van der Waals surface area contributed by atoms with Gasteiger partial charge in [0.05, 0.1) is 0 Å². The molecular formula is C14H19N5O3S. The number of amides is 4. The Hall–Kier alpha value is -2.03. The number of likely N-dealkylation sites (N-methyl/N-ethyl adjacent to an activating group) is 1. The minimum atomic E-state index is -0.836. The monoisotopic (exact) mass is 337 g/mol. The molecule has 0 bridgehead atoms. The second-order valence-corrected chi connectivity index (χ2v) is 6.93. The fourth-order valence-corrected chi connectivity index (χ4v) is 3.84. The Kier molecular flexibility index (Phi) is 4.05. The summed E-state index contributed by atoms with van der Waals surface area (Å²) in [4.78, 5) is 39.7. The van der Waals surface area contributed by atoms with Crippen LogP contribution >= 0.6 is 11.3 Å². The lowest BCUT2D eigenvalue weighted by atomic mass is 9.73. The highest BCUT2D eigenvalue weighted by Gasteiger charge is 2.55. The zero-order valence-corrected chi connectivity index (χ0v) is 13.9. The largest absolute Gasteiger partial charge is 0.325 e. The van der Waals surface area contributed by atoms with Gasteiger partial charge in [0, 0.05) is 7.05 Å². The van der Waals surface area contributed by atoms with Crippen LogP contribution in [0.1, 0.15) is 32.6 Å². The van der Waals surface area contributed by atoms with Crippen LogP contribution in [0.15, 0.2) is 5.51 Å². The first-order chi connectivity index (χ1) is 11.0. The van der Waals surface area contributed by atoms with Crippen molar-refractivity contribution in [2.24, 2.45) is 5.92 Å². The highest BCUT2D eigenvalue weighted by molar-refractivity contribution is 7.13. The van der Waals surface area contributed by atoms with Gasteiger partial charge in [-0.1, -0.05) is 31.1 Å². The van der Waals surface area contributed by atoms with Gasteiger partial charge in [-0.2, -0.15) is 0 Å². The number of carbonyl (C=O) groups is 3. The van der Waals surface area contributed by atoms with E-state index in [0.717, 1.165) is 24.2 Å². The summed E-state index contributed by atoms with van der Waals surface area (Å²) in [5, 5.41) is 10.8. The third-order valence-electron chi connectivity index (χ3n) is 4.80. The van der Waals surface area contributed by atoms with Crippen LogP contribution in [0.2, 0.25) is 0 Å². The van der Waals surface area contributed by atoms with E-state index in [-0.39, 0.29) is 24.3 Å². The number of urea groups is 1. The fourth-order valence-electron chi connectivity index (χ4n) is 3.30. The van der Waals surface area contributed by atoms with Gasteiger partial charge in [0.2, 0.25) is 11.0 Å². The highest BCUT2D eigenvalue weighted by Crippen LogP contribution is 2.38. The number of carbonyl (C=O) groups excluding carboxylic acids is 3. The predicted molar refractivity (Wildman–Crippen MR) is 83.9 cm³/mol. The SMILES string of the molecule is CC1CCCCC12NC(=O)N(CC(=O)N(C)c1nncs1)C2=O. The first kappa shape index (κ1) is 15.9. The Bertz CT molecular complexity index is 634. The van der Waals surface area contributed by atoms with Gasteiger partial charge in [0.15, 0.2) is 0 Å². The average Bonchev–Trinajstić information content (AvgIpc) is 3.13. The molecule has 1 saturated carbocycles. The Morgan fingerprint density at radius 3 is 2.96 bits per heavy atom. The van der Waals surface area contributed by atoms with Crippen LogP contribution in [0.3, 0.4) is 0 Å². The van der Waals surface area contributed by atoms with E-state index >= 15 is 0 Å². The smallest absolute Gasteiger partial charge is 0.323 e. The van der Waals surface area contributed by atoms with Crippen LogP contribution < -0.4 is 10.2 Å². The van der Waals surface area contributed by atoms with Crippen LogP contribution in [-0.2, 0) is 9.59 Å². The third-order valence-corrected chi connectivity index (χ3v) is 5.57. The van der Waals surface area contributed by atoms with Gasteiger partial charge in [-0.15, -0.1) is 10.2 Å². The van der Waals surface area contributed by atoms with Crippen LogP contribution in [0.5, 0.6) is 0 Å². The fraction of sp³-hybridized carbons (Fsp3) is 0.643. The highest BCUT2D eigenvalue weighted by atomic mass is 32.1. The number of nitrogens with one attached hydrogen (secondary N) is 1. The Morgan fingerprint density at radius 2 is 2.30 bits per heavy atom. The van der Waals surface area contributed by atoms with E-state index in [9.17, 15) is 14.4 Å². The summed E-state index contributed by atoms with van der Waals surface area (Å²) >= 11 is 1.22. The van der Waals surface area contributed by atoms with Gasteiger partial charge in [-0.25, -0.2) is 4.79 Å². The quantitative estimate of drug-likeness (QED) is 0.830. The van der Waals surface area contributed by atoms with Gasteiger partial charge in [-0.05, 0) is 18.8 Å². The Morgan fingerprint density at radius 1 is 1.52 bits per heavy atom. The number of hydrogen-bond donors (Lipinski definition) is 1. The molecule has 1 saturated heterocycles. The van der Waals surface area contributed by atoms with E-state index in [4.69, 9.17) is 0 Å². The first-order valence-corrected chi connectivity index (χ1v) is 8.50. The predicted octanol–water partition coefficient (Wildman–Crippen LogP) is 1.00. The molecule has 2 aliphatic rings. The average molecular weight is 337 g/mol. The second kappa shape index (κ2) is 5.88. The van der Waals surface area contributed by atoms with E-state index in [2.05, 4.69) is 15.5 Å². The molecular weight excluding hydrogens is 318 g/mol. The first-order valence-electron chi connectivity index (χ1n) is 7.62. The number of hydrogen-bond acceptors (Lipinski definition) is 6. The molecule has 3 rings (SSSR count). The maximum Gasteiger partial charge on any atom is 0.325 e. The molecule has 124 valence electrons. The molecule has 4 amide bonds. The van der Waals surface area contributed by atoms with Gasteiger partial charge >= 0.3 is 6.03 Å². The molecule has 2 atom stereocenters. The van der Waals surface area contributed by atoms with Crippen molar-refractivity contribution in [2.75, 3.05) is 18.5 Å². The van der Waals surface area contributed by atoms with Crippen LogP contribution in [0, 0.1) is 5.92 Å². The van der Waals surface area contributed by atoms with E-state index in [1.807, 2.05) is 6.92 Å². The van der Waals surface area contributed by atoms with Crippen molar-refractivity contribution in [3.05, 3.63) is 5.51 Å². The number of aromatic nitrogens is 2. The second-order valence-electron chi connectivity index (χ2n) is 6.11. The maximum absolute atomic E-state index is 12.8. The molecule has 2 fully saturated rings. The summed E-state index contributed by atoms with van der Waals surface area (Å²) in [5.41, 5.74) is 0.683. The molecule has 2 heterocycles. The van der Waals surface area contributed by atoms with Crippen LogP contribution in [0.25, 0.3) is 0 Å². The molecule has 2 unspecified atom stereocenters. The van der Waals surface area contributed by atoms with Gasteiger partial charge in [0.25, 0.3) is 5.91 Å². The zero-order chi connectivity index (χ0) is 16.6. The number of nitrogens with zero attached hydrogens (tertiary/aromatic N) is 4. The van der Waals surface area contributed by atoms with Crippen molar-refractivity contribution in [3.63, 3.8) is 0 Å². The number of imide groups is 1. The summed E-state index contributed by atoms with van der Waals surface area (Å²) in [6.07, 6.45) is 3.50. The molecule has 1 spiro atoms. The van der Waals surface area contributed by atoms with Gasteiger partial charge in [-0.3, -0.25) is 19.4 Å². The molecule has 1 aromatic rings. The normalized spacial score (nSPS) is 27.4. The lowest BCUT2D eigenvalue weighted by Gasteiger charge is -2.36. The zero-order valence-electron chi connectivity index (χ0n) is 13.1. The van der Waals surface area contributed by atoms with E-state index in [1.165, 1.54) is 21.7 Å². The lowest BCUT2D eigenvalue weighted by molar-refractivity contribution is -0.136. The number of rotatable bonds is 3. The lowest BCUT2D eigenvalue weighted by Crippen LogP contribution is -2.54. The molecule has 1 aliphatic carbocycles. The Balaban J connectivity index is 1.74. The van der Waals surface area contributed by atoms with Crippen molar-refractivity contribution < 1.29 is 14.4 Å². The molecule has 8 nitrogen and oxygen atoms in total. The van der Waals surface area contributed by atoms with Gasteiger partial charge in [0.1, 0.15) is 17.6 Å².